The van der Waals surface area contributed by atoms with Crippen molar-refractivity contribution in [1.82, 2.24) is 9.88 Å². The predicted molar refractivity (Wildman–Crippen MR) is 77.4 cm³/mol. The van der Waals surface area contributed by atoms with Crippen LogP contribution in [0.2, 0.25) is 5.15 Å². The number of anilines is 1. The molecule has 1 aliphatic heterocycles. The largest absolute Gasteiger partial charge is 0.465 e. The Morgan fingerprint density at radius 2 is 2.19 bits per heavy atom. The minimum absolute atomic E-state index is 0.0424. The van der Waals surface area contributed by atoms with E-state index in [9.17, 15) is 14.7 Å². The zero-order chi connectivity index (χ0) is 15.4. The van der Waals surface area contributed by atoms with Crippen LogP contribution in [0.5, 0.6) is 0 Å². The molecule has 0 spiro atoms. The average molecular weight is 310 g/mol. The van der Waals surface area contributed by atoms with Crippen LogP contribution in [0.25, 0.3) is 0 Å². The molecule has 0 bridgehead atoms. The Morgan fingerprint density at radius 1 is 1.48 bits per heavy atom. The third-order valence-electron chi connectivity index (χ3n) is 4.46. The molecule has 1 saturated carbocycles. The third-order valence-corrected chi connectivity index (χ3v) is 4.67. The Bertz CT molecular complexity index is 636. The number of nitrogens with zero attached hydrogens (tertiary/aromatic N) is 2. The van der Waals surface area contributed by atoms with Crippen molar-refractivity contribution in [2.75, 3.05) is 5.32 Å². The van der Waals surface area contributed by atoms with E-state index in [4.69, 9.17) is 11.6 Å². The summed E-state index contributed by atoms with van der Waals surface area (Å²) in [5, 5.41) is 12.3. The van der Waals surface area contributed by atoms with Gasteiger partial charge in [-0.1, -0.05) is 24.6 Å². The first kappa shape index (κ1) is 14.1. The van der Waals surface area contributed by atoms with Gasteiger partial charge in [-0.2, -0.15) is 0 Å². The highest BCUT2D eigenvalue weighted by atomic mass is 35.5. The summed E-state index contributed by atoms with van der Waals surface area (Å²) < 4.78 is 0. The molecule has 2 fully saturated rings. The van der Waals surface area contributed by atoms with Crippen LogP contribution < -0.4 is 5.32 Å². The molecule has 1 saturated heterocycles. The summed E-state index contributed by atoms with van der Waals surface area (Å²) in [5.74, 6) is 0.0345. The number of hydrogen-bond donors (Lipinski definition) is 2. The lowest BCUT2D eigenvalue weighted by molar-refractivity contribution is -0.120. The van der Waals surface area contributed by atoms with Gasteiger partial charge in [-0.15, -0.1) is 0 Å². The van der Waals surface area contributed by atoms with Crippen molar-refractivity contribution >= 4 is 29.4 Å². The molecule has 112 valence electrons. The van der Waals surface area contributed by atoms with Gasteiger partial charge in [0, 0.05) is 6.04 Å². The molecule has 21 heavy (non-hydrogen) atoms. The van der Waals surface area contributed by atoms with Gasteiger partial charge in [0.2, 0.25) is 5.91 Å². The van der Waals surface area contributed by atoms with E-state index in [1.807, 2.05) is 6.92 Å². The Kier molecular flexibility index (Phi) is 3.09. The van der Waals surface area contributed by atoms with Crippen LogP contribution in [-0.4, -0.2) is 39.1 Å². The molecule has 3 atom stereocenters. The topological polar surface area (TPSA) is 82.5 Å². The molecule has 0 aromatic carbocycles. The molecular formula is C14H16ClN3O3. The van der Waals surface area contributed by atoms with Crippen molar-refractivity contribution in [3.63, 3.8) is 0 Å². The van der Waals surface area contributed by atoms with Crippen molar-refractivity contribution in [2.45, 2.75) is 38.8 Å². The first-order valence-electron chi connectivity index (χ1n) is 6.77. The van der Waals surface area contributed by atoms with Crippen LogP contribution in [0.3, 0.4) is 0 Å². The van der Waals surface area contributed by atoms with E-state index in [-0.39, 0.29) is 22.5 Å². The van der Waals surface area contributed by atoms with Crippen LogP contribution in [0.4, 0.5) is 10.6 Å². The summed E-state index contributed by atoms with van der Waals surface area (Å²) in [7, 11) is 0. The number of carbonyl (C=O) groups is 2. The van der Waals surface area contributed by atoms with Gasteiger partial charge < -0.3 is 10.4 Å². The lowest BCUT2D eigenvalue weighted by Crippen LogP contribution is -2.45. The predicted octanol–water partition coefficient (Wildman–Crippen LogP) is 2.51. The number of nitrogens with one attached hydrogen (secondary N) is 1. The van der Waals surface area contributed by atoms with Gasteiger partial charge in [0.15, 0.2) is 0 Å². The number of rotatable bonds is 2. The van der Waals surface area contributed by atoms with Crippen LogP contribution in [-0.2, 0) is 4.79 Å². The molecule has 3 unspecified atom stereocenters. The molecule has 1 aromatic rings. The number of pyridine rings is 1. The maximum atomic E-state index is 12.4. The molecular weight excluding hydrogens is 294 g/mol. The van der Waals surface area contributed by atoms with Crippen molar-refractivity contribution in [1.29, 1.82) is 0 Å². The number of halogens is 1. The van der Waals surface area contributed by atoms with Gasteiger partial charge in [-0.3, -0.25) is 9.69 Å². The number of fused-ring (bicyclic) bond motifs is 1. The first-order valence-corrected chi connectivity index (χ1v) is 7.15. The van der Waals surface area contributed by atoms with Crippen molar-refractivity contribution in [3.05, 3.63) is 22.8 Å². The molecule has 2 N–H and O–H groups in total. The number of likely N-dealkylation sites (tertiary alicyclic amines) is 1. The second-order valence-corrected chi connectivity index (χ2v) is 6.46. The molecule has 0 radical (unpaired) electrons. The Labute approximate surface area is 127 Å². The number of piperidine rings is 1. The van der Waals surface area contributed by atoms with E-state index >= 15 is 0 Å². The van der Waals surface area contributed by atoms with Gasteiger partial charge >= 0.3 is 6.09 Å². The van der Waals surface area contributed by atoms with Crippen molar-refractivity contribution in [2.24, 2.45) is 5.41 Å². The maximum absolute atomic E-state index is 12.4. The minimum Gasteiger partial charge on any atom is -0.465 e. The second kappa shape index (κ2) is 4.59. The lowest BCUT2D eigenvalue weighted by Gasteiger charge is -2.23. The van der Waals surface area contributed by atoms with Crippen molar-refractivity contribution < 1.29 is 14.7 Å². The summed E-state index contributed by atoms with van der Waals surface area (Å²) >= 11 is 5.82. The highest BCUT2D eigenvalue weighted by molar-refractivity contribution is 6.29. The van der Waals surface area contributed by atoms with Gasteiger partial charge in [0.05, 0.1) is 0 Å². The fourth-order valence-electron chi connectivity index (χ4n) is 3.11. The number of hydrogen-bond acceptors (Lipinski definition) is 3. The number of carbonyl (C=O) groups excluding carboxylic acids is 1. The Hall–Kier alpha value is -1.82. The highest BCUT2D eigenvalue weighted by Crippen LogP contribution is 2.59. The molecule has 2 amide bonds. The van der Waals surface area contributed by atoms with Crippen LogP contribution in [0.1, 0.15) is 25.3 Å². The number of aryl methyl sites for hydroxylation is 1. The zero-order valence-corrected chi connectivity index (χ0v) is 12.5. The van der Waals surface area contributed by atoms with Gasteiger partial charge in [0.25, 0.3) is 0 Å². The molecule has 7 heteroatoms. The van der Waals surface area contributed by atoms with Gasteiger partial charge in [0.1, 0.15) is 17.0 Å². The van der Waals surface area contributed by atoms with Crippen molar-refractivity contribution in [3.8, 4) is 0 Å². The van der Waals surface area contributed by atoms with E-state index in [1.165, 1.54) is 4.90 Å². The number of aromatic nitrogens is 1. The van der Waals surface area contributed by atoms with Gasteiger partial charge in [-0.25, -0.2) is 9.78 Å². The first-order chi connectivity index (χ1) is 9.82. The Balaban J connectivity index is 1.79. The summed E-state index contributed by atoms with van der Waals surface area (Å²) in [6.07, 6.45) is 0.338. The highest BCUT2D eigenvalue weighted by Gasteiger charge is 2.64. The van der Waals surface area contributed by atoms with E-state index in [0.29, 0.717) is 12.2 Å². The second-order valence-electron chi connectivity index (χ2n) is 6.07. The summed E-state index contributed by atoms with van der Waals surface area (Å²) in [6, 6.07) is 2.69. The standard InChI is InChI=1S/C14H16ClN3O3/c1-7-3-4-10(15)16-11(7)17-12(19)8-5-14(2)6-9(14)18(8)13(20)21/h3-4,8-9H,5-6H2,1-2H3,(H,20,21)(H,16,17,19). The SMILES string of the molecule is Cc1ccc(Cl)nc1NC(=O)C1CC2(C)CC2N1C(=O)O. The fourth-order valence-corrected chi connectivity index (χ4v) is 3.26. The quantitative estimate of drug-likeness (QED) is 0.822. The zero-order valence-electron chi connectivity index (χ0n) is 11.8. The third kappa shape index (κ3) is 2.33. The smallest absolute Gasteiger partial charge is 0.408 e. The average Bonchev–Trinajstić information content (AvgIpc) is 2.95. The van der Waals surface area contributed by atoms with Crippen LogP contribution in [0, 0.1) is 12.3 Å². The van der Waals surface area contributed by atoms with Crippen LogP contribution >= 0.6 is 11.6 Å². The molecule has 1 aromatic heterocycles. The monoisotopic (exact) mass is 309 g/mol. The maximum Gasteiger partial charge on any atom is 0.408 e. The summed E-state index contributed by atoms with van der Waals surface area (Å²) in [4.78, 5) is 29.1. The van der Waals surface area contributed by atoms with E-state index in [2.05, 4.69) is 10.3 Å². The molecule has 2 aliphatic rings. The lowest BCUT2D eigenvalue weighted by atomic mass is 10.0. The normalized spacial score (nSPS) is 30.0. The molecule has 1 aliphatic carbocycles. The molecule has 6 nitrogen and oxygen atoms in total. The number of amides is 2. The summed E-state index contributed by atoms with van der Waals surface area (Å²) in [6.45, 7) is 3.82. The fraction of sp³-hybridized carbons (Fsp3) is 0.500. The Morgan fingerprint density at radius 3 is 2.86 bits per heavy atom. The minimum atomic E-state index is -1.04. The molecule has 3 rings (SSSR count). The van der Waals surface area contributed by atoms with Crippen LogP contribution in [0.15, 0.2) is 12.1 Å². The van der Waals surface area contributed by atoms with E-state index in [1.54, 1.807) is 19.1 Å². The van der Waals surface area contributed by atoms with Gasteiger partial charge in [-0.05, 0) is 36.8 Å². The summed E-state index contributed by atoms with van der Waals surface area (Å²) in [5.41, 5.74) is 0.723. The van der Waals surface area contributed by atoms with E-state index < -0.39 is 12.1 Å². The molecule has 2 heterocycles. The number of carboxylic acid groups (broad SMARTS) is 1. The van der Waals surface area contributed by atoms with E-state index in [0.717, 1.165) is 12.0 Å².